The van der Waals surface area contributed by atoms with Crippen molar-refractivity contribution in [2.45, 2.75) is 78.0 Å². The number of rotatable bonds is 9. The summed E-state index contributed by atoms with van der Waals surface area (Å²) in [4.78, 5) is 57.5. The van der Waals surface area contributed by atoms with E-state index in [0.717, 1.165) is 75.0 Å². The summed E-state index contributed by atoms with van der Waals surface area (Å²) in [6, 6.07) is 11.6. The second kappa shape index (κ2) is 15.2. The number of aromatic nitrogens is 4. The van der Waals surface area contributed by atoms with Crippen LogP contribution in [0.2, 0.25) is 5.02 Å². The van der Waals surface area contributed by atoms with E-state index in [9.17, 15) is 14.4 Å². The van der Waals surface area contributed by atoms with Crippen LogP contribution in [0.3, 0.4) is 0 Å². The van der Waals surface area contributed by atoms with Crippen molar-refractivity contribution in [3.05, 3.63) is 71.4 Å². The number of likely N-dealkylation sites (tertiary alicyclic amines) is 1. The molecule has 14 nitrogen and oxygen atoms in total. The quantitative estimate of drug-likeness (QED) is 0.207. The molecule has 3 aliphatic heterocycles. The molecule has 4 fully saturated rings. The largest absolute Gasteiger partial charge is 0.487 e. The molecule has 298 valence electrons. The predicted molar refractivity (Wildman–Crippen MR) is 216 cm³/mol. The third kappa shape index (κ3) is 7.39. The fourth-order valence-corrected chi connectivity index (χ4v) is 10.1. The lowest BCUT2D eigenvalue weighted by molar-refractivity contribution is -0.164. The number of ether oxygens (including phenoxy) is 1. The van der Waals surface area contributed by atoms with Crippen LogP contribution in [0.1, 0.15) is 81.9 Å². The zero-order valence-corrected chi connectivity index (χ0v) is 33.6. The molecule has 1 saturated carbocycles. The van der Waals surface area contributed by atoms with Crippen molar-refractivity contribution in [3.8, 4) is 11.8 Å². The van der Waals surface area contributed by atoms with Gasteiger partial charge >= 0.3 is 6.03 Å². The number of carbonyl (C=O) groups excluding carboxylic acids is 3. The Bertz CT molecular complexity index is 2200. The van der Waals surface area contributed by atoms with E-state index in [0.29, 0.717) is 42.2 Å². The van der Waals surface area contributed by atoms with Crippen molar-refractivity contribution >= 4 is 52.0 Å². The van der Waals surface area contributed by atoms with Gasteiger partial charge in [0.1, 0.15) is 17.9 Å². The highest BCUT2D eigenvalue weighted by Gasteiger charge is 2.64. The Labute approximate surface area is 337 Å². The fourth-order valence-electron chi connectivity index (χ4n) is 9.90. The van der Waals surface area contributed by atoms with Gasteiger partial charge in [0.2, 0.25) is 11.9 Å². The first-order valence-corrected chi connectivity index (χ1v) is 20.2. The van der Waals surface area contributed by atoms with E-state index in [-0.39, 0.29) is 40.7 Å². The minimum atomic E-state index is -0.401. The average molecular weight is 793 g/mol. The number of nitriles is 1. The number of amides is 4. The van der Waals surface area contributed by atoms with Crippen LogP contribution in [-0.2, 0) is 4.79 Å². The molecule has 1 aromatic carbocycles. The third-order valence-corrected chi connectivity index (χ3v) is 12.9. The van der Waals surface area contributed by atoms with Crippen LogP contribution in [0, 0.1) is 28.1 Å². The molecule has 57 heavy (non-hydrogen) atoms. The van der Waals surface area contributed by atoms with E-state index in [2.05, 4.69) is 86.0 Å². The molecule has 0 radical (unpaired) electrons. The number of pyridine rings is 1. The SMILES string of the molecule is CC1(C)[C@H](NC(=O)c2cnc(N3CCC(CN4CCC(n5ccc6c(N7CCC(=O)NC7=O)cccc65)CC4)CC3)nc2)C(C)(C)[C@H]1Oc1cnc(C#N)c(Cl)c1. The standard InChI is InChI=1S/C42H49ClN10O4/c1-41(2)37(42(3,4)38(41)57-29-20-31(43)32(21-44)45-24-29)49-36(55)27-22-46-39(47-23-27)51-16-8-26(9-17-51)25-50-14-10-28(11-15-50)52-18-12-30-33(52)6-5-7-34(30)53-19-13-35(54)48-40(53)56/h5-7,12,18,20,22-24,26,28,37-38H,8-11,13-17,19,25H2,1-4H3,(H,49,55)(H,48,54,56)/t37-,38-. The van der Waals surface area contributed by atoms with Crippen LogP contribution in [-0.4, -0.2) is 93.7 Å². The summed E-state index contributed by atoms with van der Waals surface area (Å²) in [6.07, 6.45) is 11.2. The molecule has 6 heterocycles. The Kier molecular flexibility index (Phi) is 10.3. The Morgan fingerprint density at radius 2 is 1.70 bits per heavy atom. The molecular weight excluding hydrogens is 744 g/mol. The first-order chi connectivity index (χ1) is 27.3. The highest BCUT2D eigenvalue weighted by molar-refractivity contribution is 6.31. The summed E-state index contributed by atoms with van der Waals surface area (Å²) in [5, 5.41) is 16.1. The molecule has 3 saturated heterocycles. The van der Waals surface area contributed by atoms with Crippen LogP contribution in [0.25, 0.3) is 10.9 Å². The van der Waals surface area contributed by atoms with Crippen molar-refractivity contribution in [1.82, 2.24) is 35.1 Å². The maximum Gasteiger partial charge on any atom is 0.328 e. The van der Waals surface area contributed by atoms with Gasteiger partial charge in [0.05, 0.1) is 28.0 Å². The minimum Gasteiger partial charge on any atom is -0.487 e. The second-order valence-electron chi connectivity index (χ2n) is 17.1. The van der Waals surface area contributed by atoms with Crippen molar-refractivity contribution in [2.75, 3.05) is 49.1 Å². The smallest absolute Gasteiger partial charge is 0.328 e. The molecule has 4 amide bonds. The first-order valence-electron chi connectivity index (χ1n) is 19.9. The topological polar surface area (TPSA) is 162 Å². The molecule has 8 rings (SSSR count). The fraction of sp³-hybridized carbons (Fsp3) is 0.500. The summed E-state index contributed by atoms with van der Waals surface area (Å²) >= 11 is 6.19. The number of hydrogen-bond acceptors (Lipinski definition) is 10. The molecule has 0 bridgehead atoms. The van der Waals surface area contributed by atoms with E-state index in [4.69, 9.17) is 21.6 Å². The van der Waals surface area contributed by atoms with Gasteiger partial charge in [-0.2, -0.15) is 5.26 Å². The number of nitrogens with one attached hydrogen (secondary N) is 2. The van der Waals surface area contributed by atoms with Gasteiger partial charge in [-0.25, -0.2) is 19.7 Å². The Morgan fingerprint density at radius 1 is 0.982 bits per heavy atom. The number of hydrogen-bond donors (Lipinski definition) is 2. The lowest BCUT2D eigenvalue weighted by atomic mass is 9.49. The molecule has 4 aliphatic rings. The lowest BCUT2D eigenvalue weighted by Gasteiger charge is -2.63. The van der Waals surface area contributed by atoms with Crippen molar-refractivity contribution in [2.24, 2.45) is 16.7 Å². The van der Waals surface area contributed by atoms with Gasteiger partial charge < -0.3 is 24.4 Å². The monoisotopic (exact) mass is 792 g/mol. The van der Waals surface area contributed by atoms with Crippen LogP contribution in [0.15, 0.2) is 55.1 Å². The molecule has 2 N–H and O–H groups in total. The van der Waals surface area contributed by atoms with Gasteiger partial charge in [-0.15, -0.1) is 0 Å². The highest BCUT2D eigenvalue weighted by Crippen LogP contribution is 2.55. The van der Waals surface area contributed by atoms with Crippen LogP contribution in [0.5, 0.6) is 5.75 Å². The number of nitrogens with zero attached hydrogens (tertiary/aromatic N) is 8. The van der Waals surface area contributed by atoms with Crippen molar-refractivity contribution in [1.29, 1.82) is 5.26 Å². The average Bonchev–Trinajstić information content (AvgIpc) is 3.64. The van der Waals surface area contributed by atoms with Gasteiger partial charge in [-0.05, 0) is 49.8 Å². The number of halogens is 1. The summed E-state index contributed by atoms with van der Waals surface area (Å²) in [5.74, 6) is 1.28. The zero-order valence-electron chi connectivity index (χ0n) is 32.9. The van der Waals surface area contributed by atoms with Gasteiger partial charge in [0.15, 0.2) is 5.69 Å². The van der Waals surface area contributed by atoms with Crippen LogP contribution in [0.4, 0.5) is 16.4 Å². The van der Waals surface area contributed by atoms with Crippen molar-refractivity contribution in [3.63, 3.8) is 0 Å². The highest BCUT2D eigenvalue weighted by atomic mass is 35.5. The van der Waals surface area contributed by atoms with Gasteiger partial charge in [-0.3, -0.25) is 19.8 Å². The van der Waals surface area contributed by atoms with Gasteiger partial charge in [0, 0.05) is 98.6 Å². The third-order valence-electron chi connectivity index (χ3n) is 12.6. The number of imide groups is 1. The van der Waals surface area contributed by atoms with E-state index in [1.54, 1.807) is 23.4 Å². The second-order valence-corrected chi connectivity index (χ2v) is 17.5. The molecule has 0 spiro atoms. The first kappa shape index (κ1) is 38.6. The number of piperidine rings is 2. The molecule has 1 aliphatic carbocycles. The Hall–Kier alpha value is -5.26. The van der Waals surface area contributed by atoms with Crippen molar-refractivity contribution < 1.29 is 19.1 Å². The van der Waals surface area contributed by atoms with Crippen LogP contribution < -0.4 is 25.2 Å². The Morgan fingerprint density at radius 3 is 2.37 bits per heavy atom. The van der Waals surface area contributed by atoms with E-state index >= 15 is 0 Å². The molecule has 4 aromatic rings. The summed E-state index contributed by atoms with van der Waals surface area (Å²) in [6.45, 7) is 13.5. The van der Waals surface area contributed by atoms with Crippen LogP contribution >= 0.6 is 11.6 Å². The zero-order chi connectivity index (χ0) is 40.1. The van der Waals surface area contributed by atoms with E-state index in [1.807, 2.05) is 18.2 Å². The number of carbonyl (C=O) groups is 3. The number of urea groups is 1. The number of anilines is 2. The predicted octanol–water partition coefficient (Wildman–Crippen LogP) is 5.96. The minimum absolute atomic E-state index is 0.149. The lowest BCUT2D eigenvalue weighted by Crippen LogP contribution is -2.74. The number of fused-ring (bicyclic) bond motifs is 1. The Balaban J connectivity index is 0.800. The molecule has 0 atom stereocenters. The molecular formula is C42H49ClN10O4. The summed E-state index contributed by atoms with van der Waals surface area (Å²) in [7, 11) is 0. The summed E-state index contributed by atoms with van der Waals surface area (Å²) in [5.41, 5.74) is 1.73. The van der Waals surface area contributed by atoms with Gasteiger partial charge in [-0.1, -0.05) is 45.4 Å². The molecule has 0 unspecified atom stereocenters. The number of benzene rings is 1. The molecule has 15 heteroatoms. The maximum absolute atomic E-state index is 13.4. The maximum atomic E-state index is 13.4. The summed E-state index contributed by atoms with van der Waals surface area (Å²) < 4.78 is 8.67. The normalized spacial score (nSPS) is 22.8. The van der Waals surface area contributed by atoms with E-state index in [1.165, 1.54) is 6.20 Å². The molecule has 3 aromatic heterocycles. The van der Waals surface area contributed by atoms with E-state index < -0.39 is 10.8 Å². The van der Waals surface area contributed by atoms with Gasteiger partial charge in [0.25, 0.3) is 5.91 Å².